The molecular weight excluding hydrogens is 504 g/mol. The zero-order valence-electron chi connectivity index (χ0n) is 20.7. The molecule has 1 N–H and O–H groups in total. The van der Waals surface area contributed by atoms with Gasteiger partial charge in [0.05, 0.1) is 22.5 Å². The molecule has 0 unspecified atom stereocenters. The zero-order valence-corrected chi connectivity index (χ0v) is 20.7. The Morgan fingerprint density at radius 1 is 0.974 bits per heavy atom. The van der Waals surface area contributed by atoms with Crippen molar-refractivity contribution in [1.29, 1.82) is 0 Å². The molecule has 5 aromatic rings. The lowest BCUT2D eigenvalue weighted by Crippen LogP contribution is -2.33. The molecule has 39 heavy (non-hydrogen) atoms. The van der Waals surface area contributed by atoms with Gasteiger partial charge in [0, 0.05) is 24.5 Å². The summed E-state index contributed by atoms with van der Waals surface area (Å²) in [4.78, 5) is 29.8. The second-order valence-corrected chi connectivity index (χ2v) is 9.94. The Hall–Kier alpha value is -4.66. The fourth-order valence-corrected chi connectivity index (χ4v) is 5.08. The number of aliphatic carboxylic acids is 1. The van der Waals surface area contributed by atoms with Crippen molar-refractivity contribution in [2.45, 2.75) is 25.7 Å². The summed E-state index contributed by atoms with van der Waals surface area (Å²) in [7, 11) is 0. The summed E-state index contributed by atoms with van der Waals surface area (Å²) in [5.41, 5.74) is 2.84. The standard InChI is InChI=1S/C30H23F2N3O4/c31-21-4-1-17(2-5-21)13-24-16-26(34-39-24)19-3-10-25-27(15-19)33-28(14-18-11-20(12-18)30(37)38)35(29(25)36)23-8-6-22(32)7-9-23/h1-10,15-16,18,20H,11-14H2,(H,37,38). The van der Waals surface area contributed by atoms with Gasteiger partial charge in [0.15, 0.2) is 0 Å². The van der Waals surface area contributed by atoms with Crippen molar-refractivity contribution < 1.29 is 23.2 Å². The summed E-state index contributed by atoms with van der Waals surface area (Å²) in [6, 6.07) is 18.8. The molecule has 0 saturated heterocycles. The molecule has 0 atom stereocenters. The van der Waals surface area contributed by atoms with E-state index in [2.05, 4.69) is 5.16 Å². The van der Waals surface area contributed by atoms with Crippen LogP contribution in [0.3, 0.4) is 0 Å². The molecule has 1 saturated carbocycles. The molecular formula is C30H23F2N3O4. The van der Waals surface area contributed by atoms with Crippen LogP contribution in [0.15, 0.2) is 82.1 Å². The molecule has 6 rings (SSSR count). The van der Waals surface area contributed by atoms with Gasteiger partial charge in [-0.25, -0.2) is 13.8 Å². The number of nitrogens with zero attached hydrogens (tertiary/aromatic N) is 3. The van der Waals surface area contributed by atoms with Gasteiger partial charge in [-0.3, -0.25) is 14.2 Å². The molecule has 0 spiro atoms. The Balaban J connectivity index is 1.36. The first-order chi connectivity index (χ1) is 18.8. The van der Waals surface area contributed by atoms with E-state index in [1.807, 2.05) is 0 Å². The molecule has 2 aromatic heterocycles. The highest BCUT2D eigenvalue weighted by atomic mass is 19.1. The lowest BCUT2D eigenvalue weighted by Gasteiger charge is -2.32. The minimum atomic E-state index is -0.815. The number of aromatic nitrogens is 3. The van der Waals surface area contributed by atoms with E-state index in [4.69, 9.17) is 9.51 Å². The lowest BCUT2D eigenvalue weighted by molar-refractivity contribution is -0.146. The molecule has 1 fully saturated rings. The van der Waals surface area contributed by atoms with Crippen LogP contribution in [-0.2, 0) is 17.6 Å². The third kappa shape index (κ3) is 4.95. The van der Waals surface area contributed by atoms with Gasteiger partial charge in [-0.1, -0.05) is 23.4 Å². The summed E-state index contributed by atoms with van der Waals surface area (Å²) in [6.45, 7) is 0. The fraction of sp³-hybridized carbons (Fsp3) is 0.200. The molecule has 0 bridgehead atoms. The molecule has 3 aromatic carbocycles. The molecule has 0 radical (unpaired) electrons. The van der Waals surface area contributed by atoms with Gasteiger partial charge < -0.3 is 9.63 Å². The maximum atomic E-state index is 13.6. The van der Waals surface area contributed by atoms with Crippen molar-refractivity contribution in [3.63, 3.8) is 0 Å². The van der Waals surface area contributed by atoms with Crippen molar-refractivity contribution in [3.8, 4) is 16.9 Å². The van der Waals surface area contributed by atoms with E-state index in [0.29, 0.717) is 65.1 Å². The highest BCUT2D eigenvalue weighted by Gasteiger charge is 2.35. The van der Waals surface area contributed by atoms with E-state index in [1.165, 1.54) is 41.0 Å². The maximum absolute atomic E-state index is 13.6. The average molecular weight is 528 g/mol. The third-order valence-corrected chi connectivity index (χ3v) is 7.23. The van der Waals surface area contributed by atoms with Crippen molar-refractivity contribution in [1.82, 2.24) is 14.7 Å². The first-order valence-corrected chi connectivity index (χ1v) is 12.6. The van der Waals surface area contributed by atoms with Crippen LogP contribution in [0.2, 0.25) is 0 Å². The molecule has 1 aliphatic carbocycles. The van der Waals surface area contributed by atoms with Crippen LogP contribution in [0.4, 0.5) is 8.78 Å². The van der Waals surface area contributed by atoms with Gasteiger partial charge in [0.1, 0.15) is 28.9 Å². The fourth-order valence-electron chi connectivity index (χ4n) is 5.08. The summed E-state index contributed by atoms with van der Waals surface area (Å²) in [5, 5.41) is 13.8. The van der Waals surface area contributed by atoms with E-state index in [0.717, 1.165) is 5.56 Å². The number of carbonyl (C=O) groups is 1. The van der Waals surface area contributed by atoms with E-state index in [9.17, 15) is 23.5 Å². The van der Waals surface area contributed by atoms with Crippen LogP contribution >= 0.6 is 0 Å². The van der Waals surface area contributed by atoms with Gasteiger partial charge in [-0.2, -0.15) is 0 Å². The van der Waals surface area contributed by atoms with Gasteiger partial charge >= 0.3 is 5.97 Å². The average Bonchev–Trinajstić information content (AvgIpc) is 3.36. The number of rotatable bonds is 7. The molecule has 0 amide bonds. The van der Waals surface area contributed by atoms with Crippen LogP contribution in [-0.4, -0.2) is 25.8 Å². The monoisotopic (exact) mass is 527 g/mol. The summed E-state index contributed by atoms with van der Waals surface area (Å²) in [5.74, 6) is -0.750. The van der Waals surface area contributed by atoms with E-state index < -0.39 is 11.8 Å². The van der Waals surface area contributed by atoms with Crippen LogP contribution in [0.25, 0.3) is 27.8 Å². The Kier molecular flexibility index (Phi) is 6.26. The Bertz CT molecular complexity index is 1740. The zero-order chi connectivity index (χ0) is 27.1. The topological polar surface area (TPSA) is 98.2 Å². The molecule has 9 heteroatoms. The van der Waals surface area contributed by atoms with Crippen molar-refractivity contribution in [2.75, 3.05) is 0 Å². The Labute approximate surface area is 221 Å². The second-order valence-electron chi connectivity index (χ2n) is 9.94. The molecule has 7 nitrogen and oxygen atoms in total. The highest BCUT2D eigenvalue weighted by molar-refractivity contribution is 5.83. The van der Waals surface area contributed by atoms with Crippen molar-refractivity contribution in [2.24, 2.45) is 11.8 Å². The molecule has 196 valence electrons. The minimum absolute atomic E-state index is 0.0786. The van der Waals surface area contributed by atoms with Crippen molar-refractivity contribution >= 4 is 16.9 Å². The lowest BCUT2D eigenvalue weighted by atomic mass is 9.73. The predicted octanol–water partition coefficient (Wildman–Crippen LogP) is 5.56. The maximum Gasteiger partial charge on any atom is 0.306 e. The smallest absolute Gasteiger partial charge is 0.306 e. The van der Waals surface area contributed by atoms with Crippen LogP contribution in [0, 0.1) is 23.5 Å². The SMILES string of the molecule is O=C(O)C1CC(Cc2nc3cc(-c4cc(Cc5ccc(F)cc5)on4)ccc3c(=O)n2-c2ccc(F)cc2)C1. The van der Waals surface area contributed by atoms with Crippen molar-refractivity contribution in [3.05, 3.63) is 112 Å². The molecule has 0 aliphatic heterocycles. The van der Waals surface area contributed by atoms with Gasteiger partial charge in [0.2, 0.25) is 0 Å². The van der Waals surface area contributed by atoms with Crippen LogP contribution < -0.4 is 5.56 Å². The largest absolute Gasteiger partial charge is 0.481 e. The summed E-state index contributed by atoms with van der Waals surface area (Å²) < 4.78 is 33.8. The summed E-state index contributed by atoms with van der Waals surface area (Å²) in [6.07, 6.45) is 1.90. The predicted molar refractivity (Wildman–Crippen MR) is 140 cm³/mol. The van der Waals surface area contributed by atoms with Gasteiger partial charge in [0.25, 0.3) is 5.56 Å². The number of halogens is 2. The first kappa shape index (κ1) is 24.7. The minimum Gasteiger partial charge on any atom is -0.481 e. The Morgan fingerprint density at radius 2 is 1.67 bits per heavy atom. The number of hydrogen-bond acceptors (Lipinski definition) is 5. The van der Waals surface area contributed by atoms with E-state index >= 15 is 0 Å². The second kappa shape index (κ2) is 9.90. The van der Waals surface area contributed by atoms with Gasteiger partial charge in [-0.05, 0) is 72.9 Å². The van der Waals surface area contributed by atoms with Crippen LogP contribution in [0.1, 0.15) is 30.0 Å². The Morgan fingerprint density at radius 3 is 2.36 bits per heavy atom. The van der Waals surface area contributed by atoms with Crippen LogP contribution in [0.5, 0.6) is 0 Å². The number of carboxylic acid groups (broad SMARTS) is 1. The normalized spacial score (nSPS) is 16.8. The van der Waals surface area contributed by atoms with E-state index in [-0.39, 0.29) is 23.2 Å². The number of benzene rings is 3. The molecule has 2 heterocycles. The highest BCUT2D eigenvalue weighted by Crippen LogP contribution is 2.36. The number of carboxylic acids is 1. The number of fused-ring (bicyclic) bond motifs is 1. The summed E-state index contributed by atoms with van der Waals surface area (Å²) >= 11 is 0. The third-order valence-electron chi connectivity index (χ3n) is 7.23. The van der Waals surface area contributed by atoms with Gasteiger partial charge in [-0.15, -0.1) is 0 Å². The van der Waals surface area contributed by atoms with E-state index in [1.54, 1.807) is 36.4 Å². The first-order valence-electron chi connectivity index (χ1n) is 12.6. The number of hydrogen-bond donors (Lipinski definition) is 1. The molecule has 1 aliphatic rings. The quantitative estimate of drug-likeness (QED) is 0.298.